The van der Waals surface area contributed by atoms with E-state index in [1.54, 1.807) is 35.2 Å². The van der Waals surface area contributed by atoms with Gasteiger partial charge in [0.25, 0.3) is 0 Å². The second-order valence-electron chi connectivity index (χ2n) is 6.79. The Kier molecular flexibility index (Phi) is 9.28. The van der Waals surface area contributed by atoms with Crippen LogP contribution in [-0.4, -0.2) is 29.3 Å². The van der Waals surface area contributed by atoms with Crippen LogP contribution in [0.1, 0.15) is 37.8 Å². The summed E-state index contributed by atoms with van der Waals surface area (Å²) in [6, 6.07) is 11.8. The van der Waals surface area contributed by atoms with E-state index in [9.17, 15) is 9.59 Å². The first-order valence-electron chi connectivity index (χ1n) is 9.61. The largest absolute Gasteiger partial charge is 0.354 e. The van der Waals surface area contributed by atoms with Gasteiger partial charge >= 0.3 is 0 Å². The van der Waals surface area contributed by atoms with Crippen LogP contribution in [0.25, 0.3) is 0 Å². The predicted octanol–water partition coefficient (Wildman–Crippen LogP) is 5.52. The van der Waals surface area contributed by atoms with Gasteiger partial charge in [-0.25, -0.2) is 0 Å². The lowest BCUT2D eigenvalue weighted by atomic mass is 10.1. The van der Waals surface area contributed by atoms with E-state index in [-0.39, 0.29) is 24.8 Å². The van der Waals surface area contributed by atoms with Gasteiger partial charge in [-0.2, -0.15) is 0 Å². The summed E-state index contributed by atoms with van der Waals surface area (Å²) in [4.78, 5) is 27.5. The maximum Gasteiger partial charge on any atom is 0.242 e. The molecule has 29 heavy (non-hydrogen) atoms. The molecule has 0 heterocycles. The SMILES string of the molecule is CCCNC(=O)C(CC)N(Cc1ccc(Cl)c(Cl)c1)C(=O)Cc1cccc(Cl)c1. The summed E-state index contributed by atoms with van der Waals surface area (Å²) < 4.78 is 0. The molecule has 0 aliphatic carbocycles. The van der Waals surface area contributed by atoms with Crippen LogP contribution < -0.4 is 5.32 Å². The molecule has 0 bridgehead atoms. The fourth-order valence-electron chi connectivity index (χ4n) is 3.04. The van der Waals surface area contributed by atoms with E-state index in [2.05, 4.69) is 5.32 Å². The molecular weight excluding hydrogens is 431 g/mol. The van der Waals surface area contributed by atoms with E-state index in [4.69, 9.17) is 34.8 Å². The number of carbonyl (C=O) groups is 2. The summed E-state index contributed by atoms with van der Waals surface area (Å²) in [5.41, 5.74) is 1.60. The molecule has 7 heteroatoms. The number of benzene rings is 2. The Bertz CT molecular complexity index is 858. The van der Waals surface area contributed by atoms with Crippen molar-refractivity contribution in [2.75, 3.05) is 6.54 Å². The minimum Gasteiger partial charge on any atom is -0.354 e. The van der Waals surface area contributed by atoms with Crippen molar-refractivity contribution in [2.24, 2.45) is 0 Å². The Balaban J connectivity index is 2.30. The molecule has 0 aromatic heterocycles. The Hall–Kier alpha value is -1.75. The van der Waals surface area contributed by atoms with E-state index in [0.717, 1.165) is 17.5 Å². The van der Waals surface area contributed by atoms with Crippen molar-refractivity contribution in [1.29, 1.82) is 0 Å². The van der Waals surface area contributed by atoms with Crippen molar-refractivity contribution in [3.63, 3.8) is 0 Å². The lowest BCUT2D eigenvalue weighted by Gasteiger charge is -2.31. The normalized spacial score (nSPS) is 11.8. The average Bonchev–Trinajstić information content (AvgIpc) is 2.68. The Morgan fingerprint density at radius 2 is 1.76 bits per heavy atom. The molecule has 0 saturated heterocycles. The van der Waals surface area contributed by atoms with Crippen molar-refractivity contribution in [3.8, 4) is 0 Å². The van der Waals surface area contributed by atoms with E-state index in [0.29, 0.717) is 28.0 Å². The summed E-state index contributed by atoms with van der Waals surface area (Å²) in [6.07, 6.45) is 1.48. The van der Waals surface area contributed by atoms with Crippen LogP contribution in [0.5, 0.6) is 0 Å². The smallest absolute Gasteiger partial charge is 0.242 e. The van der Waals surface area contributed by atoms with Gasteiger partial charge in [-0.15, -0.1) is 0 Å². The molecule has 0 spiro atoms. The van der Waals surface area contributed by atoms with E-state index >= 15 is 0 Å². The molecule has 1 N–H and O–H groups in total. The van der Waals surface area contributed by atoms with Gasteiger partial charge < -0.3 is 10.2 Å². The molecule has 0 aliphatic heterocycles. The van der Waals surface area contributed by atoms with Crippen molar-refractivity contribution < 1.29 is 9.59 Å². The summed E-state index contributed by atoms with van der Waals surface area (Å²) >= 11 is 18.2. The summed E-state index contributed by atoms with van der Waals surface area (Å²) in [5.74, 6) is -0.314. The molecule has 2 rings (SSSR count). The zero-order valence-corrected chi connectivity index (χ0v) is 18.8. The highest BCUT2D eigenvalue weighted by Crippen LogP contribution is 2.24. The van der Waals surface area contributed by atoms with Gasteiger partial charge in [0.2, 0.25) is 11.8 Å². The molecule has 1 unspecified atom stereocenters. The molecule has 2 aromatic rings. The fourth-order valence-corrected chi connectivity index (χ4v) is 3.58. The second-order valence-corrected chi connectivity index (χ2v) is 8.04. The Labute approximate surface area is 187 Å². The quantitative estimate of drug-likeness (QED) is 0.541. The first-order valence-corrected chi connectivity index (χ1v) is 10.7. The number of halogens is 3. The highest BCUT2D eigenvalue weighted by molar-refractivity contribution is 6.42. The van der Waals surface area contributed by atoms with E-state index in [1.165, 1.54) is 0 Å². The minimum absolute atomic E-state index is 0.152. The lowest BCUT2D eigenvalue weighted by molar-refractivity contribution is -0.140. The number of hydrogen-bond acceptors (Lipinski definition) is 2. The summed E-state index contributed by atoms with van der Waals surface area (Å²) in [6.45, 7) is 4.70. The first kappa shape index (κ1) is 23.5. The molecule has 2 amide bonds. The third-order valence-corrected chi connectivity index (χ3v) is 5.49. The highest BCUT2D eigenvalue weighted by atomic mass is 35.5. The van der Waals surface area contributed by atoms with Gasteiger partial charge in [-0.05, 0) is 48.2 Å². The fraction of sp³-hybridized carbons (Fsp3) is 0.364. The minimum atomic E-state index is -0.581. The maximum atomic E-state index is 13.2. The van der Waals surface area contributed by atoms with Crippen molar-refractivity contribution in [3.05, 3.63) is 68.7 Å². The van der Waals surface area contributed by atoms with Crippen LogP contribution in [0.4, 0.5) is 0 Å². The predicted molar refractivity (Wildman–Crippen MR) is 120 cm³/mol. The van der Waals surface area contributed by atoms with Crippen LogP contribution in [-0.2, 0) is 22.6 Å². The standard InChI is InChI=1S/C22H25Cl3N2O2/c1-3-10-26-22(29)20(4-2)27(14-16-8-9-18(24)19(25)12-16)21(28)13-15-6-5-7-17(23)11-15/h5-9,11-12,20H,3-4,10,13-14H2,1-2H3,(H,26,29). The topological polar surface area (TPSA) is 49.4 Å². The van der Waals surface area contributed by atoms with Gasteiger partial charge in [-0.3, -0.25) is 9.59 Å². The van der Waals surface area contributed by atoms with Gasteiger partial charge in [0, 0.05) is 18.1 Å². The average molecular weight is 456 g/mol. The lowest BCUT2D eigenvalue weighted by Crippen LogP contribution is -2.49. The van der Waals surface area contributed by atoms with Gasteiger partial charge in [0.05, 0.1) is 16.5 Å². The third-order valence-electron chi connectivity index (χ3n) is 4.52. The number of hydrogen-bond donors (Lipinski definition) is 1. The molecule has 1 atom stereocenters. The second kappa shape index (κ2) is 11.4. The molecule has 0 radical (unpaired) electrons. The maximum absolute atomic E-state index is 13.2. The monoisotopic (exact) mass is 454 g/mol. The number of amides is 2. The van der Waals surface area contributed by atoms with Gasteiger partial charge in [0.15, 0.2) is 0 Å². The van der Waals surface area contributed by atoms with E-state index < -0.39 is 6.04 Å². The zero-order chi connectivity index (χ0) is 21.4. The molecule has 2 aromatic carbocycles. The Morgan fingerprint density at radius 3 is 2.38 bits per heavy atom. The zero-order valence-electron chi connectivity index (χ0n) is 16.6. The van der Waals surface area contributed by atoms with E-state index in [1.807, 2.05) is 26.0 Å². The van der Waals surface area contributed by atoms with Crippen molar-refractivity contribution >= 4 is 46.6 Å². The third kappa shape index (κ3) is 6.91. The van der Waals surface area contributed by atoms with Crippen LogP contribution in [0.15, 0.2) is 42.5 Å². The summed E-state index contributed by atoms with van der Waals surface area (Å²) in [5, 5.41) is 4.32. The molecule has 156 valence electrons. The summed E-state index contributed by atoms with van der Waals surface area (Å²) in [7, 11) is 0. The highest BCUT2D eigenvalue weighted by Gasteiger charge is 2.28. The number of carbonyl (C=O) groups excluding carboxylic acids is 2. The van der Waals surface area contributed by atoms with Crippen molar-refractivity contribution in [1.82, 2.24) is 10.2 Å². The van der Waals surface area contributed by atoms with Crippen LogP contribution in [0.3, 0.4) is 0 Å². The molecule has 0 aliphatic rings. The van der Waals surface area contributed by atoms with Crippen LogP contribution in [0.2, 0.25) is 15.1 Å². The first-order chi connectivity index (χ1) is 13.8. The van der Waals surface area contributed by atoms with Gasteiger partial charge in [-0.1, -0.05) is 66.8 Å². The molecule has 0 fully saturated rings. The van der Waals surface area contributed by atoms with Crippen LogP contribution >= 0.6 is 34.8 Å². The molecule has 0 saturated carbocycles. The van der Waals surface area contributed by atoms with Crippen LogP contribution in [0, 0.1) is 0 Å². The Morgan fingerprint density at radius 1 is 1.00 bits per heavy atom. The molecular formula is C22H25Cl3N2O2. The van der Waals surface area contributed by atoms with Gasteiger partial charge in [0.1, 0.15) is 6.04 Å². The number of nitrogens with zero attached hydrogens (tertiary/aromatic N) is 1. The number of rotatable bonds is 9. The van der Waals surface area contributed by atoms with Crippen molar-refractivity contribution in [2.45, 2.75) is 45.7 Å². The number of nitrogens with one attached hydrogen (secondary N) is 1. The molecule has 4 nitrogen and oxygen atoms in total.